The van der Waals surface area contributed by atoms with Crippen LogP contribution in [0, 0.1) is 0 Å². The van der Waals surface area contributed by atoms with Gasteiger partial charge in [-0.2, -0.15) is 0 Å². The molecule has 0 aromatic heterocycles. The molecular weight excluding hydrogens is 176 g/mol. The van der Waals surface area contributed by atoms with Gasteiger partial charge in [-0.05, 0) is 53.0 Å². The summed E-state index contributed by atoms with van der Waals surface area (Å²) in [4.78, 5) is 4.66. The van der Waals surface area contributed by atoms with Crippen LogP contribution in [-0.4, -0.2) is 61.8 Å². The van der Waals surface area contributed by atoms with Crippen molar-refractivity contribution >= 4 is 0 Å². The molecule has 0 radical (unpaired) electrons. The Kier molecular flexibility index (Phi) is 9.35. The minimum Gasteiger partial charge on any atom is -0.396 e. The highest BCUT2D eigenvalue weighted by molar-refractivity contribution is 4.58. The molecule has 3 nitrogen and oxygen atoms in total. The normalized spacial score (nSPS) is 11.6. The summed E-state index contributed by atoms with van der Waals surface area (Å²) in [6.07, 6.45) is 3.33. The molecule has 0 aromatic rings. The Labute approximate surface area is 88.7 Å². The zero-order valence-corrected chi connectivity index (χ0v) is 10.00. The summed E-state index contributed by atoms with van der Waals surface area (Å²) in [7, 11) is 4.22. The SMILES string of the molecule is CCCN(CCCO)CCCN(C)C. The summed E-state index contributed by atoms with van der Waals surface area (Å²) in [5.74, 6) is 0. The highest BCUT2D eigenvalue weighted by Crippen LogP contribution is 1.96. The monoisotopic (exact) mass is 202 g/mol. The molecule has 0 saturated heterocycles. The lowest BCUT2D eigenvalue weighted by Gasteiger charge is -2.22. The average Bonchev–Trinajstić information content (AvgIpc) is 2.13. The van der Waals surface area contributed by atoms with E-state index in [1.165, 1.54) is 12.8 Å². The van der Waals surface area contributed by atoms with Crippen LogP contribution < -0.4 is 0 Å². The van der Waals surface area contributed by atoms with Gasteiger partial charge in [0.05, 0.1) is 0 Å². The molecule has 0 saturated carbocycles. The third kappa shape index (κ3) is 8.48. The maximum absolute atomic E-state index is 8.76. The molecule has 0 heterocycles. The van der Waals surface area contributed by atoms with E-state index in [0.717, 1.165) is 32.6 Å². The van der Waals surface area contributed by atoms with Crippen molar-refractivity contribution < 1.29 is 5.11 Å². The highest BCUT2D eigenvalue weighted by atomic mass is 16.3. The predicted molar refractivity (Wildman–Crippen MR) is 61.6 cm³/mol. The molecule has 3 heteroatoms. The molecule has 0 spiro atoms. The molecule has 0 aliphatic carbocycles. The number of nitrogens with zero attached hydrogens (tertiary/aromatic N) is 2. The van der Waals surface area contributed by atoms with Gasteiger partial charge in [0.2, 0.25) is 0 Å². The fourth-order valence-corrected chi connectivity index (χ4v) is 1.56. The maximum atomic E-state index is 8.76. The number of aliphatic hydroxyl groups excluding tert-OH is 1. The van der Waals surface area contributed by atoms with Crippen LogP contribution in [0.2, 0.25) is 0 Å². The first-order chi connectivity index (χ1) is 6.70. The molecule has 0 aliphatic heterocycles. The van der Waals surface area contributed by atoms with Crippen LogP contribution in [-0.2, 0) is 0 Å². The first-order valence-electron chi connectivity index (χ1n) is 5.68. The Morgan fingerprint density at radius 3 is 2.07 bits per heavy atom. The Morgan fingerprint density at radius 2 is 1.57 bits per heavy atom. The quantitative estimate of drug-likeness (QED) is 0.605. The van der Waals surface area contributed by atoms with Gasteiger partial charge < -0.3 is 14.9 Å². The van der Waals surface area contributed by atoms with Gasteiger partial charge in [0.25, 0.3) is 0 Å². The Bertz CT molecular complexity index is 118. The topological polar surface area (TPSA) is 26.7 Å². The summed E-state index contributed by atoms with van der Waals surface area (Å²) in [5, 5.41) is 8.76. The van der Waals surface area contributed by atoms with Gasteiger partial charge >= 0.3 is 0 Å². The zero-order chi connectivity index (χ0) is 10.8. The number of aliphatic hydroxyl groups is 1. The van der Waals surface area contributed by atoms with Crippen molar-refractivity contribution in [3.63, 3.8) is 0 Å². The molecule has 1 N–H and O–H groups in total. The Balaban J connectivity index is 3.50. The molecule has 0 aromatic carbocycles. The third-order valence-corrected chi connectivity index (χ3v) is 2.25. The smallest absolute Gasteiger partial charge is 0.0443 e. The van der Waals surface area contributed by atoms with Crippen molar-refractivity contribution in [2.45, 2.75) is 26.2 Å². The molecule has 0 unspecified atom stereocenters. The van der Waals surface area contributed by atoms with Gasteiger partial charge in [0.15, 0.2) is 0 Å². The Morgan fingerprint density at radius 1 is 0.929 bits per heavy atom. The summed E-state index contributed by atoms with van der Waals surface area (Å²) in [5.41, 5.74) is 0. The van der Waals surface area contributed by atoms with Gasteiger partial charge in [0.1, 0.15) is 0 Å². The summed E-state index contributed by atoms with van der Waals surface area (Å²) >= 11 is 0. The molecule has 86 valence electrons. The summed E-state index contributed by atoms with van der Waals surface area (Å²) < 4.78 is 0. The van der Waals surface area contributed by atoms with Crippen molar-refractivity contribution in [3.05, 3.63) is 0 Å². The van der Waals surface area contributed by atoms with Crippen LogP contribution in [0.1, 0.15) is 26.2 Å². The van der Waals surface area contributed by atoms with Crippen LogP contribution in [0.5, 0.6) is 0 Å². The lowest BCUT2D eigenvalue weighted by molar-refractivity contribution is 0.216. The van der Waals surface area contributed by atoms with E-state index in [1.54, 1.807) is 0 Å². The lowest BCUT2D eigenvalue weighted by Crippen LogP contribution is -2.29. The van der Waals surface area contributed by atoms with Crippen LogP contribution in [0.4, 0.5) is 0 Å². The Hall–Kier alpha value is -0.120. The van der Waals surface area contributed by atoms with Crippen molar-refractivity contribution in [1.29, 1.82) is 0 Å². The molecule has 0 aliphatic rings. The van der Waals surface area contributed by atoms with E-state index in [9.17, 15) is 0 Å². The zero-order valence-electron chi connectivity index (χ0n) is 10.00. The van der Waals surface area contributed by atoms with Crippen LogP contribution in [0.15, 0.2) is 0 Å². The summed E-state index contributed by atoms with van der Waals surface area (Å²) in [6.45, 7) is 7.03. The van der Waals surface area contributed by atoms with E-state index in [4.69, 9.17) is 5.11 Å². The molecule has 0 rings (SSSR count). The minimum absolute atomic E-state index is 0.313. The maximum Gasteiger partial charge on any atom is 0.0443 e. The minimum atomic E-state index is 0.313. The molecule has 0 bridgehead atoms. The van der Waals surface area contributed by atoms with Gasteiger partial charge in [-0.1, -0.05) is 6.92 Å². The molecule has 14 heavy (non-hydrogen) atoms. The highest BCUT2D eigenvalue weighted by Gasteiger charge is 2.02. The number of rotatable bonds is 9. The van der Waals surface area contributed by atoms with Gasteiger partial charge in [-0.15, -0.1) is 0 Å². The lowest BCUT2D eigenvalue weighted by atomic mass is 10.3. The number of hydrogen-bond donors (Lipinski definition) is 1. The largest absolute Gasteiger partial charge is 0.396 e. The molecule has 0 fully saturated rings. The molecule has 0 amide bonds. The van der Waals surface area contributed by atoms with E-state index < -0.39 is 0 Å². The fraction of sp³-hybridized carbons (Fsp3) is 1.00. The molecule has 0 atom stereocenters. The van der Waals surface area contributed by atoms with E-state index >= 15 is 0 Å². The van der Waals surface area contributed by atoms with Crippen molar-refractivity contribution in [2.24, 2.45) is 0 Å². The fourth-order valence-electron chi connectivity index (χ4n) is 1.56. The second-order valence-electron chi connectivity index (χ2n) is 4.08. The average molecular weight is 202 g/mol. The van der Waals surface area contributed by atoms with Crippen LogP contribution >= 0.6 is 0 Å². The van der Waals surface area contributed by atoms with Gasteiger partial charge in [0, 0.05) is 13.2 Å². The van der Waals surface area contributed by atoms with Crippen molar-refractivity contribution in [1.82, 2.24) is 9.80 Å². The van der Waals surface area contributed by atoms with E-state index in [1.807, 2.05) is 0 Å². The first-order valence-corrected chi connectivity index (χ1v) is 5.68. The van der Waals surface area contributed by atoms with Crippen LogP contribution in [0.25, 0.3) is 0 Å². The van der Waals surface area contributed by atoms with E-state index in [-0.39, 0.29) is 0 Å². The van der Waals surface area contributed by atoms with Crippen molar-refractivity contribution in [3.8, 4) is 0 Å². The van der Waals surface area contributed by atoms with Crippen molar-refractivity contribution in [2.75, 3.05) is 46.9 Å². The van der Waals surface area contributed by atoms with Crippen LogP contribution in [0.3, 0.4) is 0 Å². The third-order valence-electron chi connectivity index (χ3n) is 2.25. The standard InChI is InChI=1S/C11H26N2O/c1-4-7-13(10-6-11-14)9-5-8-12(2)3/h14H,4-11H2,1-3H3. The van der Waals surface area contributed by atoms with E-state index in [2.05, 4.69) is 30.8 Å². The van der Waals surface area contributed by atoms with E-state index in [0.29, 0.717) is 6.61 Å². The van der Waals surface area contributed by atoms with Gasteiger partial charge in [-0.25, -0.2) is 0 Å². The summed E-state index contributed by atoms with van der Waals surface area (Å²) in [6, 6.07) is 0. The van der Waals surface area contributed by atoms with Gasteiger partial charge in [-0.3, -0.25) is 0 Å². The second kappa shape index (κ2) is 9.44. The molecular formula is C11H26N2O. The predicted octanol–water partition coefficient (Wildman–Crippen LogP) is 1.03. The second-order valence-corrected chi connectivity index (χ2v) is 4.08. The number of hydrogen-bond acceptors (Lipinski definition) is 3. The first kappa shape index (κ1) is 13.9.